The first-order valence-electron chi connectivity index (χ1n) is 6.69. The maximum Gasteiger partial charge on any atom is 0.0168 e. The summed E-state index contributed by atoms with van der Waals surface area (Å²) in [7, 11) is 0. The lowest BCUT2D eigenvalue weighted by molar-refractivity contribution is 0.212. The molecule has 0 aromatic rings. The summed E-state index contributed by atoms with van der Waals surface area (Å²) in [4.78, 5) is 2.62. The number of nitrogens with zero attached hydrogens (tertiary/aromatic N) is 1. The zero-order valence-electron chi connectivity index (χ0n) is 10.8. The number of rotatable bonds is 6. The second kappa shape index (κ2) is 7.05. The molecule has 88 valence electrons. The van der Waals surface area contributed by atoms with Crippen LogP contribution >= 0.6 is 0 Å². The third kappa shape index (κ3) is 4.38. The van der Waals surface area contributed by atoms with Crippen molar-refractivity contribution in [1.29, 1.82) is 0 Å². The van der Waals surface area contributed by atoms with Gasteiger partial charge in [-0.15, -0.1) is 0 Å². The van der Waals surface area contributed by atoms with Gasteiger partial charge >= 0.3 is 0 Å². The van der Waals surface area contributed by atoms with E-state index < -0.39 is 0 Å². The molecule has 0 aromatic heterocycles. The van der Waals surface area contributed by atoms with Crippen molar-refractivity contribution in [2.45, 2.75) is 65.3 Å². The van der Waals surface area contributed by atoms with E-state index in [1.165, 1.54) is 51.6 Å². The van der Waals surface area contributed by atoms with Gasteiger partial charge in [0.15, 0.2) is 0 Å². The fourth-order valence-corrected chi connectivity index (χ4v) is 2.36. The maximum atomic E-state index is 2.62. The summed E-state index contributed by atoms with van der Waals surface area (Å²) in [6, 6.07) is 0.777. The molecule has 0 N–H and O–H groups in total. The summed E-state index contributed by atoms with van der Waals surface area (Å²) in [5.41, 5.74) is 1.71. The molecule has 0 spiro atoms. The molecule has 0 aromatic carbocycles. The van der Waals surface area contributed by atoms with Crippen LogP contribution in [-0.4, -0.2) is 24.0 Å². The van der Waals surface area contributed by atoms with E-state index in [0.717, 1.165) is 6.04 Å². The Hall–Kier alpha value is -0.300. The molecule has 1 aliphatic heterocycles. The second-order valence-electron chi connectivity index (χ2n) is 4.85. The lowest BCUT2D eigenvalue weighted by Gasteiger charge is -2.31. The molecule has 1 atom stereocenters. The fraction of sp³-hybridized carbons (Fsp3) is 0.857. The van der Waals surface area contributed by atoms with Gasteiger partial charge in [-0.3, -0.25) is 4.90 Å². The van der Waals surface area contributed by atoms with E-state index >= 15 is 0 Å². The van der Waals surface area contributed by atoms with Gasteiger partial charge in [0.2, 0.25) is 0 Å². The van der Waals surface area contributed by atoms with E-state index in [0.29, 0.717) is 0 Å². The number of unbranched alkanes of at least 4 members (excludes halogenated alkanes) is 1. The summed E-state index contributed by atoms with van der Waals surface area (Å²) < 4.78 is 0. The first-order valence-corrected chi connectivity index (χ1v) is 6.69. The van der Waals surface area contributed by atoms with E-state index in [1.54, 1.807) is 5.57 Å². The molecule has 1 heteroatoms. The van der Waals surface area contributed by atoms with E-state index in [9.17, 15) is 0 Å². The first-order chi connectivity index (χ1) is 7.27. The molecule has 0 bridgehead atoms. The van der Waals surface area contributed by atoms with Gasteiger partial charge in [0, 0.05) is 19.1 Å². The topological polar surface area (TPSA) is 3.24 Å². The summed E-state index contributed by atoms with van der Waals surface area (Å²) in [6.07, 6.45) is 10.5. The Bertz CT molecular complexity index is 196. The smallest absolute Gasteiger partial charge is 0.0168 e. The Kier molecular flexibility index (Phi) is 6.00. The molecule has 0 fully saturated rings. The van der Waals surface area contributed by atoms with Crippen molar-refractivity contribution in [3.8, 4) is 0 Å². The monoisotopic (exact) mass is 209 g/mol. The van der Waals surface area contributed by atoms with Crippen molar-refractivity contribution < 1.29 is 0 Å². The van der Waals surface area contributed by atoms with Crippen molar-refractivity contribution in [3.63, 3.8) is 0 Å². The second-order valence-corrected chi connectivity index (χ2v) is 4.85. The van der Waals surface area contributed by atoms with Crippen LogP contribution in [0.25, 0.3) is 0 Å². The van der Waals surface area contributed by atoms with Crippen LogP contribution in [0.5, 0.6) is 0 Å². The molecular formula is C14H27N. The van der Waals surface area contributed by atoms with E-state index in [4.69, 9.17) is 0 Å². The summed E-state index contributed by atoms with van der Waals surface area (Å²) >= 11 is 0. The van der Waals surface area contributed by atoms with Gasteiger partial charge in [0.05, 0.1) is 0 Å². The van der Waals surface area contributed by atoms with Gasteiger partial charge in [0.25, 0.3) is 0 Å². The normalized spacial score (nSPS) is 20.1. The Balaban J connectivity index is 2.30. The molecule has 0 saturated carbocycles. The maximum absolute atomic E-state index is 2.62. The Morgan fingerprint density at radius 3 is 2.67 bits per heavy atom. The molecule has 1 heterocycles. The van der Waals surface area contributed by atoms with Gasteiger partial charge < -0.3 is 0 Å². The minimum Gasteiger partial charge on any atom is -0.297 e. The molecule has 0 aliphatic carbocycles. The average Bonchev–Trinajstić information content (AvgIpc) is 2.27. The van der Waals surface area contributed by atoms with Gasteiger partial charge in [-0.1, -0.05) is 38.3 Å². The number of hydrogen-bond donors (Lipinski definition) is 0. The zero-order valence-corrected chi connectivity index (χ0v) is 10.8. The van der Waals surface area contributed by atoms with Crippen LogP contribution in [0.4, 0.5) is 0 Å². The molecule has 0 saturated heterocycles. The van der Waals surface area contributed by atoms with Crippen LogP contribution in [0, 0.1) is 0 Å². The average molecular weight is 209 g/mol. The Morgan fingerprint density at radius 2 is 2.13 bits per heavy atom. The van der Waals surface area contributed by atoms with Gasteiger partial charge in [-0.05, 0) is 32.6 Å². The SMILES string of the molecule is CCCCC1=CCN(C(C)CCC)CC1. The molecule has 0 amide bonds. The van der Waals surface area contributed by atoms with Crippen LogP contribution in [-0.2, 0) is 0 Å². The van der Waals surface area contributed by atoms with Crippen LogP contribution in [0.3, 0.4) is 0 Å². The summed E-state index contributed by atoms with van der Waals surface area (Å²) in [5, 5.41) is 0. The Labute approximate surface area is 95.5 Å². The van der Waals surface area contributed by atoms with Crippen molar-refractivity contribution in [2.75, 3.05) is 13.1 Å². The van der Waals surface area contributed by atoms with Crippen LogP contribution in [0.1, 0.15) is 59.3 Å². The molecule has 1 nitrogen and oxygen atoms in total. The zero-order chi connectivity index (χ0) is 11.1. The minimum atomic E-state index is 0.777. The standard InChI is InChI=1S/C14H27N/c1-4-6-8-14-9-11-15(12-10-14)13(3)7-5-2/h9,13H,4-8,10-12H2,1-3H3. The van der Waals surface area contributed by atoms with E-state index in [1.807, 2.05) is 0 Å². The van der Waals surface area contributed by atoms with E-state index in [-0.39, 0.29) is 0 Å². The third-order valence-electron chi connectivity index (χ3n) is 3.52. The predicted octanol–water partition coefficient (Wildman–Crippen LogP) is 4.00. The quantitative estimate of drug-likeness (QED) is 0.598. The summed E-state index contributed by atoms with van der Waals surface area (Å²) in [6.45, 7) is 9.41. The molecular weight excluding hydrogens is 182 g/mol. The van der Waals surface area contributed by atoms with Crippen molar-refractivity contribution in [3.05, 3.63) is 11.6 Å². The first kappa shape index (κ1) is 12.8. The molecule has 1 aliphatic rings. The largest absolute Gasteiger partial charge is 0.297 e. The predicted molar refractivity (Wildman–Crippen MR) is 68.2 cm³/mol. The third-order valence-corrected chi connectivity index (χ3v) is 3.52. The van der Waals surface area contributed by atoms with Crippen LogP contribution < -0.4 is 0 Å². The van der Waals surface area contributed by atoms with Crippen LogP contribution in [0.2, 0.25) is 0 Å². The van der Waals surface area contributed by atoms with Crippen molar-refractivity contribution in [1.82, 2.24) is 4.90 Å². The highest BCUT2D eigenvalue weighted by molar-refractivity contribution is 5.07. The van der Waals surface area contributed by atoms with Crippen molar-refractivity contribution in [2.24, 2.45) is 0 Å². The van der Waals surface area contributed by atoms with Crippen LogP contribution in [0.15, 0.2) is 11.6 Å². The highest BCUT2D eigenvalue weighted by Crippen LogP contribution is 2.19. The van der Waals surface area contributed by atoms with Crippen molar-refractivity contribution >= 4 is 0 Å². The lowest BCUT2D eigenvalue weighted by atomic mass is 10.0. The summed E-state index contributed by atoms with van der Waals surface area (Å²) in [5.74, 6) is 0. The molecule has 1 rings (SSSR count). The minimum absolute atomic E-state index is 0.777. The molecule has 0 radical (unpaired) electrons. The number of hydrogen-bond acceptors (Lipinski definition) is 1. The van der Waals surface area contributed by atoms with Gasteiger partial charge in [-0.25, -0.2) is 0 Å². The highest BCUT2D eigenvalue weighted by atomic mass is 15.1. The van der Waals surface area contributed by atoms with Gasteiger partial charge in [0.1, 0.15) is 0 Å². The van der Waals surface area contributed by atoms with Gasteiger partial charge in [-0.2, -0.15) is 0 Å². The molecule has 1 unspecified atom stereocenters. The fourth-order valence-electron chi connectivity index (χ4n) is 2.36. The molecule has 15 heavy (non-hydrogen) atoms. The lowest BCUT2D eigenvalue weighted by Crippen LogP contribution is -2.36. The highest BCUT2D eigenvalue weighted by Gasteiger charge is 2.15. The van der Waals surface area contributed by atoms with E-state index in [2.05, 4.69) is 31.7 Å². The Morgan fingerprint density at radius 1 is 1.33 bits per heavy atom.